The Morgan fingerprint density at radius 3 is 2.21 bits per heavy atom. The molecule has 1 saturated carbocycles. The maximum Gasteiger partial charge on any atom is 0.0976 e. The Morgan fingerprint density at radius 1 is 1.11 bits per heavy atom. The third-order valence-corrected chi connectivity index (χ3v) is 4.07. The summed E-state index contributed by atoms with van der Waals surface area (Å²) in [7, 11) is 0. The van der Waals surface area contributed by atoms with Crippen molar-refractivity contribution in [3.63, 3.8) is 0 Å². The fraction of sp³-hybridized carbons (Fsp3) is 0.625. The van der Waals surface area contributed by atoms with Crippen LogP contribution in [0.1, 0.15) is 57.1 Å². The van der Waals surface area contributed by atoms with Crippen molar-refractivity contribution in [2.45, 2.75) is 63.7 Å². The second-order valence-corrected chi connectivity index (χ2v) is 6.02. The number of halogens is 1. The van der Waals surface area contributed by atoms with Gasteiger partial charge in [0.15, 0.2) is 0 Å². The molecular formula is C16H24ClNO. The van der Waals surface area contributed by atoms with Gasteiger partial charge in [0.25, 0.3) is 0 Å². The summed E-state index contributed by atoms with van der Waals surface area (Å²) in [5, 5.41) is 0.752. The van der Waals surface area contributed by atoms with Crippen LogP contribution in [0.2, 0.25) is 5.02 Å². The van der Waals surface area contributed by atoms with Crippen LogP contribution >= 0.6 is 11.6 Å². The van der Waals surface area contributed by atoms with Crippen LogP contribution in [0.25, 0.3) is 0 Å². The molecule has 2 rings (SSSR count). The molecule has 0 heterocycles. The minimum absolute atomic E-state index is 0.00979. The van der Waals surface area contributed by atoms with Gasteiger partial charge in [0, 0.05) is 11.1 Å². The fourth-order valence-electron chi connectivity index (χ4n) is 2.74. The van der Waals surface area contributed by atoms with E-state index in [1.807, 2.05) is 31.2 Å². The molecule has 1 aromatic rings. The summed E-state index contributed by atoms with van der Waals surface area (Å²) in [6, 6.07) is 7.84. The molecule has 1 aliphatic carbocycles. The average molecular weight is 282 g/mol. The Bertz CT molecular complexity index is 369. The van der Waals surface area contributed by atoms with Gasteiger partial charge in [-0.1, -0.05) is 49.4 Å². The maximum absolute atomic E-state index is 6.29. The summed E-state index contributed by atoms with van der Waals surface area (Å²) in [5.41, 5.74) is 7.23. The smallest absolute Gasteiger partial charge is 0.0976 e. The summed E-state index contributed by atoms with van der Waals surface area (Å²) in [6.45, 7) is 2.01. The zero-order valence-corrected chi connectivity index (χ0v) is 12.4. The molecule has 0 aliphatic heterocycles. The first-order valence-electron chi connectivity index (χ1n) is 7.33. The number of ether oxygens (including phenoxy) is 1. The van der Waals surface area contributed by atoms with Gasteiger partial charge in [-0.25, -0.2) is 0 Å². The van der Waals surface area contributed by atoms with Crippen LogP contribution < -0.4 is 5.73 Å². The van der Waals surface area contributed by atoms with Gasteiger partial charge in [-0.2, -0.15) is 0 Å². The Labute approximate surface area is 121 Å². The summed E-state index contributed by atoms with van der Waals surface area (Å²) in [6.07, 6.45) is 7.88. The predicted molar refractivity (Wildman–Crippen MR) is 80.4 cm³/mol. The SMILES string of the molecule is CC(N)C(OC1CCCCCC1)c1ccc(Cl)cc1. The van der Waals surface area contributed by atoms with Crippen molar-refractivity contribution in [1.82, 2.24) is 0 Å². The van der Waals surface area contributed by atoms with E-state index in [0.717, 1.165) is 23.4 Å². The monoisotopic (exact) mass is 281 g/mol. The first kappa shape index (κ1) is 14.8. The van der Waals surface area contributed by atoms with E-state index < -0.39 is 0 Å². The van der Waals surface area contributed by atoms with Gasteiger partial charge in [0.2, 0.25) is 0 Å². The van der Waals surface area contributed by atoms with Crippen LogP contribution in [-0.4, -0.2) is 12.1 Å². The van der Waals surface area contributed by atoms with Crippen LogP contribution in [0.15, 0.2) is 24.3 Å². The van der Waals surface area contributed by atoms with Gasteiger partial charge in [-0.05, 0) is 37.5 Å². The quantitative estimate of drug-likeness (QED) is 0.827. The highest BCUT2D eigenvalue weighted by molar-refractivity contribution is 6.30. The van der Waals surface area contributed by atoms with Crippen LogP contribution in [0.3, 0.4) is 0 Å². The third kappa shape index (κ3) is 4.48. The summed E-state index contributed by atoms with van der Waals surface area (Å²) in [5.74, 6) is 0. The van der Waals surface area contributed by atoms with Crippen molar-refractivity contribution in [3.05, 3.63) is 34.9 Å². The van der Waals surface area contributed by atoms with Crippen molar-refractivity contribution in [2.75, 3.05) is 0 Å². The normalized spacial score (nSPS) is 20.8. The minimum atomic E-state index is -0.0274. The van der Waals surface area contributed by atoms with Crippen molar-refractivity contribution in [3.8, 4) is 0 Å². The molecule has 19 heavy (non-hydrogen) atoms. The Balaban J connectivity index is 2.04. The second-order valence-electron chi connectivity index (χ2n) is 5.58. The van der Waals surface area contributed by atoms with Gasteiger partial charge < -0.3 is 10.5 Å². The minimum Gasteiger partial charge on any atom is -0.369 e. The Kier molecular flexibility index (Phi) is 5.68. The number of rotatable bonds is 4. The molecule has 2 unspecified atom stereocenters. The lowest BCUT2D eigenvalue weighted by Crippen LogP contribution is -2.30. The van der Waals surface area contributed by atoms with Gasteiger partial charge >= 0.3 is 0 Å². The summed E-state index contributed by atoms with van der Waals surface area (Å²) >= 11 is 5.94. The van der Waals surface area contributed by atoms with Crippen LogP contribution in [0.5, 0.6) is 0 Å². The Morgan fingerprint density at radius 2 is 1.68 bits per heavy atom. The van der Waals surface area contributed by atoms with E-state index in [9.17, 15) is 0 Å². The molecule has 3 heteroatoms. The van der Waals surface area contributed by atoms with E-state index >= 15 is 0 Å². The van der Waals surface area contributed by atoms with Gasteiger partial charge in [0.05, 0.1) is 12.2 Å². The molecule has 0 amide bonds. The van der Waals surface area contributed by atoms with Crippen molar-refractivity contribution in [2.24, 2.45) is 5.73 Å². The van der Waals surface area contributed by atoms with Crippen molar-refractivity contribution in [1.29, 1.82) is 0 Å². The number of benzene rings is 1. The topological polar surface area (TPSA) is 35.2 Å². The summed E-state index contributed by atoms with van der Waals surface area (Å²) in [4.78, 5) is 0. The lowest BCUT2D eigenvalue weighted by Gasteiger charge is -2.27. The molecule has 2 atom stereocenters. The van der Waals surface area contributed by atoms with Crippen LogP contribution in [0.4, 0.5) is 0 Å². The average Bonchev–Trinajstić information content (AvgIpc) is 2.65. The number of hydrogen-bond acceptors (Lipinski definition) is 2. The van der Waals surface area contributed by atoms with Gasteiger partial charge in [-0.15, -0.1) is 0 Å². The second kappa shape index (κ2) is 7.28. The highest BCUT2D eigenvalue weighted by Gasteiger charge is 2.22. The van der Waals surface area contributed by atoms with E-state index in [0.29, 0.717) is 6.10 Å². The van der Waals surface area contributed by atoms with E-state index in [1.54, 1.807) is 0 Å². The molecule has 2 nitrogen and oxygen atoms in total. The molecule has 1 aliphatic rings. The van der Waals surface area contributed by atoms with Gasteiger partial charge in [-0.3, -0.25) is 0 Å². The first-order chi connectivity index (χ1) is 9.16. The largest absolute Gasteiger partial charge is 0.369 e. The molecule has 2 N–H and O–H groups in total. The van der Waals surface area contributed by atoms with Gasteiger partial charge in [0.1, 0.15) is 0 Å². The number of hydrogen-bond donors (Lipinski definition) is 1. The highest BCUT2D eigenvalue weighted by Crippen LogP contribution is 2.28. The van der Waals surface area contributed by atoms with Crippen LogP contribution in [-0.2, 0) is 4.74 Å². The zero-order chi connectivity index (χ0) is 13.7. The molecule has 0 saturated heterocycles. The molecule has 0 spiro atoms. The number of nitrogens with two attached hydrogens (primary N) is 1. The molecule has 0 aromatic heterocycles. The fourth-order valence-corrected chi connectivity index (χ4v) is 2.87. The lowest BCUT2D eigenvalue weighted by molar-refractivity contribution is -0.0308. The van der Waals surface area contributed by atoms with E-state index in [4.69, 9.17) is 22.1 Å². The lowest BCUT2D eigenvalue weighted by atomic mass is 10.0. The zero-order valence-electron chi connectivity index (χ0n) is 11.6. The summed E-state index contributed by atoms with van der Waals surface area (Å²) < 4.78 is 6.29. The van der Waals surface area contributed by atoms with Crippen molar-refractivity contribution >= 4 is 11.6 Å². The van der Waals surface area contributed by atoms with E-state index in [1.165, 1.54) is 25.7 Å². The van der Waals surface area contributed by atoms with E-state index in [2.05, 4.69) is 0 Å². The van der Waals surface area contributed by atoms with Crippen LogP contribution in [0, 0.1) is 0 Å². The standard InChI is InChI=1S/C16H24ClNO/c1-12(18)16(13-8-10-14(17)11-9-13)19-15-6-4-2-3-5-7-15/h8-12,15-16H,2-7,18H2,1H3. The maximum atomic E-state index is 6.29. The molecule has 106 valence electrons. The third-order valence-electron chi connectivity index (χ3n) is 3.82. The Hall–Kier alpha value is -0.570. The van der Waals surface area contributed by atoms with Crippen molar-refractivity contribution < 1.29 is 4.74 Å². The predicted octanol–water partition coefficient (Wildman–Crippen LogP) is 4.47. The molecule has 1 fully saturated rings. The first-order valence-corrected chi connectivity index (χ1v) is 7.71. The highest BCUT2D eigenvalue weighted by atomic mass is 35.5. The molecule has 1 aromatic carbocycles. The molecule has 0 bridgehead atoms. The van der Waals surface area contributed by atoms with E-state index in [-0.39, 0.29) is 12.1 Å². The molecular weight excluding hydrogens is 258 g/mol. The molecule has 0 radical (unpaired) electrons.